The summed E-state index contributed by atoms with van der Waals surface area (Å²) >= 11 is 0. The van der Waals surface area contributed by atoms with Crippen molar-refractivity contribution in [2.24, 2.45) is 0 Å². The lowest BCUT2D eigenvalue weighted by Crippen LogP contribution is -2.42. The quantitative estimate of drug-likeness (QED) is 0.805. The van der Waals surface area contributed by atoms with Gasteiger partial charge >= 0.3 is 0 Å². The molecule has 1 amide bonds. The minimum Gasteiger partial charge on any atom is -0.497 e. The summed E-state index contributed by atoms with van der Waals surface area (Å²) in [4.78, 5) is 12.1. The van der Waals surface area contributed by atoms with E-state index in [-0.39, 0.29) is 18.0 Å². The molecule has 0 aliphatic carbocycles. The third-order valence-corrected chi connectivity index (χ3v) is 3.31. The van der Waals surface area contributed by atoms with E-state index in [1.54, 1.807) is 7.11 Å². The monoisotopic (exact) mass is 278 g/mol. The zero-order valence-electron chi connectivity index (χ0n) is 13.1. The van der Waals surface area contributed by atoms with Gasteiger partial charge in [0.2, 0.25) is 5.91 Å². The Bertz CT molecular complexity index is 446. The van der Waals surface area contributed by atoms with Gasteiger partial charge in [-0.15, -0.1) is 0 Å². The third-order valence-electron chi connectivity index (χ3n) is 3.31. The van der Waals surface area contributed by atoms with Crippen LogP contribution in [0.25, 0.3) is 0 Å². The second-order valence-electron chi connectivity index (χ2n) is 5.25. The van der Waals surface area contributed by atoms with Gasteiger partial charge in [0.25, 0.3) is 0 Å². The molecule has 0 fully saturated rings. The largest absolute Gasteiger partial charge is 0.497 e. The van der Waals surface area contributed by atoms with E-state index in [2.05, 4.69) is 17.6 Å². The Balaban J connectivity index is 2.61. The maximum Gasteiger partial charge on any atom is 0.242 e. The Morgan fingerprint density at radius 2 is 2.05 bits per heavy atom. The van der Waals surface area contributed by atoms with E-state index in [4.69, 9.17) is 4.74 Å². The molecule has 0 radical (unpaired) electrons. The molecule has 20 heavy (non-hydrogen) atoms. The number of nitrogens with one attached hydrogen (secondary N) is 2. The molecule has 0 aliphatic heterocycles. The molecule has 4 nitrogen and oxygen atoms in total. The van der Waals surface area contributed by atoms with Gasteiger partial charge in [-0.3, -0.25) is 4.79 Å². The van der Waals surface area contributed by atoms with Crippen LogP contribution in [0.4, 0.5) is 5.69 Å². The summed E-state index contributed by atoms with van der Waals surface area (Å²) in [5.74, 6) is 0.850. The first-order valence-electron chi connectivity index (χ1n) is 7.19. The van der Waals surface area contributed by atoms with Crippen molar-refractivity contribution in [3.05, 3.63) is 23.8 Å². The molecule has 0 bridgehead atoms. The number of anilines is 1. The van der Waals surface area contributed by atoms with E-state index in [0.717, 1.165) is 29.8 Å². The van der Waals surface area contributed by atoms with Crippen molar-refractivity contribution in [2.75, 3.05) is 12.4 Å². The molecular formula is C16H26N2O2. The average Bonchev–Trinajstić information content (AvgIpc) is 2.41. The lowest BCUT2D eigenvalue weighted by molar-refractivity contribution is -0.122. The fraction of sp³-hybridized carbons (Fsp3) is 0.562. The Labute approximate surface area is 121 Å². The number of amides is 1. The minimum atomic E-state index is -0.263. The number of benzene rings is 1. The standard InChI is InChI=1S/C16H26N2O2/c1-6-7-12(3)17-16(19)13(4)18-15-9-8-14(20-5)10-11(15)2/h8-10,12-13,18H,6-7H2,1-5H3,(H,17,19). The van der Waals surface area contributed by atoms with E-state index >= 15 is 0 Å². The van der Waals surface area contributed by atoms with Crippen molar-refractivity contribution >= 4 is 11.6 Å². The Morgan fingerprint density at radius 1 is 1.35 bits per heavy atom. The molecule has 1 aromatic rings. The molecule has 0 aliphatic rings. The van der Waals surface area contributed by atoms with Crippen LogP contribution in [0.2, 0.25) is 0 Å². The normalized spacial score (nSPS) is 13.4. The van der Waals surface area contributed by atoms with Crippen molar-refractivity contribution in [1.29, 1.82) is 0 Å². The van der Waals surface area contributed by atoms with Crippen LogP contribution in [0.15, 0.2) is 18.2 Å². The van der Waals surface area contributed by atoms with Gasteiger partial charge in [0.1, 0.15) is 11.8 Å². The van der Waals surface area contributed by atoms with Crippen molar-refractivity contribution < 1.29 is 9.53 Å². The summed E-state index contributed by atoms with van der Waals surface area (Å²) in [7, 11) is 1.65. The average molecular weight is 278 g/mol. The molecule has 1 aromatic carbocycles. The van der Waals surface area contributed by atoms with Crippen molar-refractivity contribution in [3.63, 3.8) is 0 Å². The van der Waals surface area contributed by atoms with Crippen LogP contribution < -0.4 is 15.4 Å². The van der Waals surface area contributed by atoms with Crippen molar-refractivity contribution in [3.8, 4) is 5.75 Å². The number of ether oxygens (including phenoxy) is 1. The molecule has 1 rings (SSSR count). The Hall–Kier alpha value is -1.71. The topological polar surface area (TPSA) is 50.4 Å². The zero-order chi connectivity index (χ0) is 15.1. The highest BCUT2D eigenvalue weighted by atomic mass is 16.5. The van der Waals surface area contributed by atoms with Gasteiger partial charge in [-0.1, -0.05) is 13.3 Å². The van der Waals surface area contributed by atoms with Gasteiger partial charge in [-0.2, -0.15) is 0 Å². The highest BCUT2D eigenvalue weighted by Crippen LogP contribution is 2.21. The fourth-order valence-corrected chi connectivity index (χ4v) is 2.10. The summed E-state index contributed by atoms with van der Waals surface area (Å²) in [6.45, 7) is 8.02. The van der Waals surface area contributed by atoms with Crippen LogP contribution in [0, 0.1) is 6.92 Å². The van der Waals surface area contributed by atoms with Crippen LogP contribution >= 0.6 is 0 Å². The minimum absolute atomic E-state index is 0.0289. The van der Waals surface area contributed by atoms with Gasteiger partial charge in [0.15, 0.2) is 0 Å². The first kappa shape index (κ1) is 16.3. The molecule has 4 heteroatoms. The summed E-state index contributed by atoms with van der Waals surface area (Å²) in [6.07, 6.45) is 2.07. The molecule has 2 unspecified atom stereocenters. The number of hydrogen-bond donors (Lipinski definition) is 2. The predicted molar refractivity (Wildman–Crippen MR) is 83.3 cm³/mol. The molecule has 2 atom stereocenters. The molecule has 0 saturated carbocycles. The molecule has 0 saturated heterocycles. The number of methoxy groups -OCH3 is 1. The summed E-state index contributed by atoms with van der Waals surface area (Å²) in [5, 5.41) is 6.26. The highest BCUT2D eigenvalue weighted by molar-refractivity contribution is 5.84. The SMILES string of the molecule is CCCC(C)NC(=O)C(C)Nc1ccc(OC)cc1C. The van der Waals surface area contributed by atoms with Gasteiger partial charge < -0.3 is 15.4 Å². The second kappa shape index (κ2) is 7.78. The molecule has 0 spiro atoms. The lowest BCUT2D eigenvalue weighted by Gasteiger charge is -2.20. The van der Waals surface area contributed by atoms with E-state index in [1.807, 2.05) is 39.0 Å². The van der Waals surface area contributed by atoms with Crippen LogP contribution in [0.3, 0.4) is 0 Å². The maximum atomic E-state index is 12.1. The van der Waals surface area contributed by atoms with Crippen LogP contribution in [0.5, 0.6) is 5.75 Å². The fourth-order valence-electron chi connectivity index (χ4n) is 2.10. The Kier molecular flexibility index (Phi) is 6.36. The lowest BCUT2D eigenvalue weighted by atomic mass is 10.1. The van der Waals surface area contributed by atoms with Crippen LogP contribution in [-0.2, 0) is 4.79 Å². The Morgan fingerprint density at radius 3 is 2.60 bits per heavy atom. The van der Waals surface area contributed by atoms with E-state index < -0.39 is 0 Å². The summed E-state index contributed by atoms with van der Waals surface area (Å²) < 4.78 is 5.17. The molecule has 0 aromatic heterocycles. The maximum absolute atomic E-state index is 12.1. The van der Waals surface area contributed by atoms with Crippen LogP contribution in [-0.4, -0.2) is 25.1 Å². The van der Waals surface area contributed by atoms with Gasteiger partial charge in [0, 0.05) is 11.7 Å². The summed E-state index contributed by atoms with van der Waals surface area (Å²) in [6, 6.07) is 5.73. The number of hydrogen-bond acceptors (Lipinski definition) is 3. The van der Waals surface area contributed by atoms with E-state index in [9.17, 15) is 4.79 Å². The third kappa shape index (κ3) is 4.76. The van der Waals surface area contributed by atoms with Crippen molar-refractivity contribution in [1.82, 2.24) is 5.32 Å². The van der Waals surface area contributed by atoms with Gasteiger partial charge in [-0.05, 0) is 51.0 Å². The zero-order valence-corrected chi connectivity index (χ0v) is 13.1. The molecule has 0 heterocycles. The number of aryl methyl sites for hydroxylation is 1. The number of carbonyl (C=O) groups excluding carboxylic acids is 1. The second-order valence-corrected chi connectivity index (χ2v) is 5.25. The van der Waals surface area contributed by atoms with Crippen LogP contribution in [0.1, 0.15) is 39.2 Å². The van der Waals surface area contributed by atoms with E-state index in [1.165, 1.54) is 0 Å². The molecule has 2 N–H and O–H groups in total. The first-order valence-corrected chi connectivity index (χ1v) is 7.19. The van der Waals surface area contributed by atoms with Gasteiger partial charge in [-0.25, -0.2) is 0 Å². The predicted octanol–water partition coefficient (Wildman–Crippen LogP) is 3.11. The number of rotatable bonds is 7. The highest BCUT2D eigenvalue weighted by Gasteiger charge is 2.15. The number of carbonyl (C=O) groups is 1. The van der Waals surface area contributed by atoms with Gasteiger partial charge in [0.05, 0.1) is 7.11 Å². The van der Waals surface area contributed by atoms with Crippen molar-refractivity contribution in [2.45, 2.75) is 52.6 Å². The summed E-state index contributed by atoms with van der Waals surface area (Å²) in [5.41, 5.74) is 2.02. The smallest absolute Gasteiger partial charge is 0.242 e. The molecular weight excluding hydrogens is 252 g/mol. The van der Waals surface area contributed by atoms with E-state index in [0.29, 0.717) is 0 Å². The first-order chi connectivity index (χ1) is 9.47. The molecule has 112 valence electrons.